The number of hydrogen-bond acceptors (Lipinski definition) is 2. The van der Waals surface area contributed by atoms with Gasteiger partial charge < -0.3 is 10.0 Å². The maximum Gasteiger partial charge on any atom is 0.306 e. The van der Waals surface area contributed by atoms with Crippen LogP contribution in [0.25, 0.3) is 0 Å². The highest BCUT2D eigenvalue weighted by Crippen LogP contribution is 2.35. The van der Waals surface area contributed by atoms with E-state index in [9.17, 15) is 14.7 Å². The first-order valence-corrected chi connectivity index (χ1v) is 9.20. The van der Waals surface area contributed by atoms with Crippen molar-refractivity contribution < 1.29 is 14.7 Å². The molecule has 2 aliphatic carbocycles. The fourth-order valence-corrected chi connectivity index (χ4v) is 4.27. The van der Waals surface area contributed by atoms with E-state index in [1.165, 1.54) is 0 Å². The smallest absolute Gasteiger partial charge is 0.306 e. The number of hydrogen-bond donors (Lipinski definition) is 1. The quantitative estimate of drug-likeness (QED) is 0.870. The summed E-state index contributed by atoms with van der Waals surface area (Å²) in [7, 11) is 0. The van der Waals surface area contributed by atoms with Gasteiger partial charge in [-0.05, 0) is 43.7 Å². The van der Waals surface area contributed by atoms with E-state index in [4.69, 9.17) is 11.6 Å². The van der Waals surface area contributed by atoms with Crippen molar-refractivity contribution in [1.29, 1.82) is 0 Å². The molecule has 4 nitrogen and oxygen atoms in total. The van der Waals surface area contributed by atoms with Gasteiger partial charge in [0.2, 0.25) is 5.91 Å². The Kier molecular flexibility index (Phi) is 5.44. The summed E-state index contributed by atoms with van der Waals surface area (Å²) in [6, 6.07) is 7.91. The number of carbonyl (C=O) groups is 2. The summed E-state index contributed by atoms with van der Waals surface area (Å²) in [5.41, 5.74) is 0.965. The lowest BCUT2D eigenvalue weighted by molar-refractivity contribution is -0.142. The summed E-state index contributed by atoms with van der Waals surface area (Å²) >= 11 is 6.29. The highest BCUT2D eigenvalue weighted by atomic mass is 35.5. The van der Waals surface area contributed by atoms with Crippen LogP contribution in [0, 0.1) is 11.8 Å². The van der Waals surface area contributed by atoms with Gasteiger partial charge in [0.15, 0.2) is 0 Å². The van der Waals surface area contributed by atoms with E-state index in [1.807, 2.05) is 29.2 Å². The van der Waals surface area contributed by atoms with Crippen LogP contribution in [-0.2, 0) is 16.1 Å². The molecule has 24 heavy (non-hydrogen) atoms. The molecule has 0 spiro atoms. The lowest BCUT2D eigenvalue weighted by Gasteiger charge is -2.32. The van der Waals surface area contributed by atoms with Crippen LogP contribution in [0.1, 0.15) is 50.5 Å². The van der Waals surface area contributed by atoms with Gasteiger partial charge in [0.25, 0.3) is 0 Å². The molecule has 130 valence electrons. The molecule has 3 rings (SSSR count). The van der Waals surface area contributed by atoms with E-state index < -0.39 is 5.97 Å². The predicted octanol–water partition coefficient (Wildman–Crippen LogP) is 4.11. The molecule has 1 amide bonds. The second-order valence-electron chi connectivity index (χ2n) is 7.04. The average molecular weight is 350 g/mol. The van der Waals surface area contributed by atoms with E-state index in [2.05, 4.69) is 0 Å². The Morgan fingerprint density at radius 3 is 2.38 bits per heavy atom. The molecule has 0 unspecified atom stereocenters. The van der Waals surface area contributed by atoms with Gasteiger partial charge in [0, 0.05) is 23.5 Å². The van der Waals surface area contributed by atoms with Gasteiger partial charge in [-0.3, -0.25) is 9.59 Å². The number of carboxylic acids is 1. The molecule has 2 fully saturated rings. The van der Waals surface area contributed by atoms with Crippen molar-refractivity contribution in [2.45, 2.75) is 57.5 Å². The predicted molar refractivity (Wildman–Crippen MR) is 92.7 cm³/mol. The SMILES string of the molecule is O=C(O)[C@@H]1CC[C@H](C(=O)N(Cc2ccccc2Cl)C2CCCC2)C1. The van der Waals surface area contributed by atoms with Crippen molar-refractivity contribution in [2.75, 3.05) is 0 Å². The maximum absolute atomic E-state index is 13.1. The van der Waals surface area contributed by atoms with E-state index in [-0.39, 0.29) is 23.8 Å². The van der Waals surface area contributed by atoms with Gasteiger partial charge in [-0.15, -0.1) is 0 Å². The third-order valence-electron chi connectivity index (χ3n) is 5.48. The molecule has 5 heteroatoms. The molecule has 0 aliphatic heterocycles. The Bertz CT molecular complexity index is 612. The molecule has 0 aromatic heterocycles. The molecule has 1 aromatic rings. The molecule has 2 saturated carbocycles. The van der Waals surface area contributed by atoms with Crippen molar-refractivity contribution in [2.24, 2.45) is 11.8 Å². The van der Waals surface area contributed by atoms with Crippen molar-refractivity contribution in [3.8, 4) is 0 Å². The Morgan fingerprint density at radius 1 is 1.08 bits per heavy atom. The minimum Gasteiger partial charge on any atom is -0.481 e. The van der Waals surface area contributed by atoms with E-state index in [0.29, 0.717) is 30.8 Å². The summed E-state index contributed by atoms with van der Waals surface area (Å²) in [4.78, 5) is 26.3. The number of carboxylic acid groups (broad SMARTS) is 1. The third-order valence-corrected chi connectivity index (χ3v) is 5.85. The summed E-state index contributed by atoms with van der Waals surface area (Å²) in [6.45, 7) is 0.525. The van der Waals surface area contributed by atoms with Crippen molar-refractivity contribution in [3.05, 3.63) is 34.9 Å². The van der Waals surface area contributed by atoms with E-state index in [1.54, 1.807) is 0 Å². The zero-order valence-electron chi connectivity index (χ0n) is 13.8. The Morgan fingerprint density at radius 2 is 1.75 bits per heavy atom. The molecule has 0 heterocycles. The number of aliphatic carboxylic acids is 1. The van der Waals surface area contributed by atoms with Crippen LogP contribution in [0.2, 0.25) is 5.02 Å². The van der Waals surface area contributed by atoms with E-state index in [0.717, 1.165) is 31.2 Å². The number of halogens is 1. The van der Waals surface area contributed by atoms with Gasteiger partial charge in [0.1, 0.15) is 0 Å². The molecule has 0 bridgehead atoms. The van der Waals surface area contributed by atoms with Crippen LogP contribution in [-0.4, -0.2) is 27.9 Å². The lowest BCUT2D eigenvalue weighted by Crippen LogP contribution is -2.41. The number of benzene rings is 1. The van der Waals surface area contributed by atoms with Crippen LogP contribution < -0.4 is 0 Å². The monoisotopic (exact) mass is 349 g/mol. The molecular weight excluding hydrogens is 326 g/mol. The highest BCUT2D eigenvalue weighted by Gasteiger charge is 2.38. The zero-order chi connectivity index (χ0) is 17.1. The Hall–Kier alpha value is -1.55. The van der Waals surface area contributed by atoms with Gasteiger partial charge in [-0.1, -0.05) is 42.6 Å². The average Bonchev–Trinajstić information content (AvgIpc) is 3.25. The van der Waals surface area contributed by atoms with Crippen molar-refractivity contribution in [1.82, 2.24) is 4.90 Å². The van der Waals surface area contributed by atoms with Gasteiger partial charge >= 0.3 is 5.97 Å². The van der Waals surface area contributed by atoms with Gasteiger partial charge in [0.05, 0.1) is 5.92 Å². The van der Waals surface area contributed by atoms with Crippen molar-refractivity contribution in [3.63, 3.8) is 0 Å². The molecule has 1 aromatic carbocycles. The summed E-state index contributed by atoms with van der Waals surface area (Å²) < 4.78 is 0. The molecule has 2 atom stereocenters. The second kappa shape index (κ2) is 7.56. The summed E-state index contributed by atoms with van der Waals surface area (Å²) in [5, 5.41) is 9.88. The van der Waals surface area contributed by atoms with Gasteiger partial charge in [-0.2, -0.15) is 0 Å². The number of carbonyl (C=O) groups excluding carboxylic acids is 1. The van der Waals surface area contributed by atoms with E-state index >= 15 is 0 Å². The van der Waals surface area contributed by atoms with Crippen LogP contribution in [0.5, 0.6) is 0 Å². The molecular formula is C19H24ClNO3. The first-order chi connectivity index (χ1) is 11.6. The molecule has 2 aliphatic rings. The van der Waals surface area contributed by atoms with Crippen molar-refractivity contribution >= 4 is 23.5 Å². The Balaban J connectivity index is 1.76. The van der Waals surface area contributed by atoms with Crippen LogP contribution in [0.4, 0.5) is 0 Å². The Labute approximate surface area is 147 Å². The van der Waals surface area contributed by atoms with Gasteiger partial charge in [-0.25, -0.2) is 0 Å². The normalized spacial score (nSPS) is 24.2. The summed E-state index contributed by atoms with van der Waals surface area (Å²) in [6.07, 6.45) is 6.13. The largest absolute Gasteiger partial charge is 0.481 e. The van der Waals surface area contributed by atoms with Crippen LogP contribution in [0.15, 0.2) is 24.3 Å². The number of rotatable bonds is 5. The first-order valence-electron chi connectivity index (χ1n) is 8.83. The van der Waals surface area contributed by atoms with Crippen LogP contribution in [0.3, 0.4) is 0 Å². The fraction of sp³-hybridized carbons (Fsp3) is 0.579. The number of nitrogens with zero attached hydrogens (tertiary/aromatic N) is 1. The minimum absolute atomic E-state index is 0.116. The topological polar surface area (TPSA) is 57.6 Å². The fourth-order valence-electron chi connectivity index (χ4n) is 4.08. The second-order valence-corrected chi connectivity index (χ2v) is 7.45. The number of amides is 1. The molecule has 1 N–H and O–H groups in total. The first kappa shape index (κ1) is 17.3. The summed E-state index contributed by atoms with van der Waals surface area (Å²) in [5.74, 6) is -1.19. The van der Waals surface area contributed by atoms with Crippen LogP contribution >= 0.6 is 11.6 Å². The molecule has 0 saturated heterocycles. The standard InChI is InChI=1S/C19H24ClNO3/c20-17-8-4-1-5-15(17)12-21(16-6-2-3-7-16)18(22)13-9-10-14(11-13)19(23)24/h1,4-5,8,13-14,16H,2-3,6-7,9-12H2,(H,23,24)/t13-,14+/m0/s1. The minimum atomic E-state index is -0.774. The zero-order valence-corrected chi connectivity index (χ0v) is 14.5. The molecule has 0 radical (unpaired) electrons. The maximum atomic E-state index is 13.1. The highest BCUT2D eigenvalue weighted by molar-refractivity contribution is 6.31. The third kappa shape index (κ3) is 3.75. The lowest BCUT2D eigenvalue weighted by atomic mass is 10.0.